The Bertz CT molecular complexity index is 261. The molecule has 2 heterocycles. The van der Waals surface area contributed by atoms with Crippen LogP contribution < -0.4 is 7.55 Å². The third kappa shape index (κ3) is 1.56. The van der Waals surface area contributed by atoms with Gasteiger partial charge in [-0.25, -0.2) is 0 Å². The van der Waals surface area contributed by atoms with Crippen molar-refractivity contribution in [3.05, 3.63) is 3.14 Å². The van der Waals surface area contributed by atoms with Gasteiger partial charge in [0.2, 0.25) is 0 Å². The molecule has 0 atom stereocenters. The van der Waals surface area contributed by atoms with Crippen LogP contribution in [0.25, 0.3) is 0 Å². The Morgan fingerprint density at radius 2 is 1.60 bits per heavy atom. The van der Waals surface area contributed by atoms with Crippen molar-refractivity contribution in [3.8, 4) is 0 Å². The number of rotatable bonds is 0. The van der Waals surface area contributed by atoms with E-state index in [1.807, 2.05) is 22.7 Å². The molecule has 0 radical (unpaired) electrons. The molecule has 0 saturated heterocycles. The first-order chi connectivity index (χ1) is 4.86. The van der Waals surface area contributed by atoms with Crippen molar-refractivity contribution >= 4 is 72.4 Å². The summed E-state index contributed by atoms with van der Waals surface area (Å²) in [5.41, 5.74) is 0. The first-order valence-corrected chi connectivity index (χ1v) is 8.93. The van der Waals surface area contributed by atoms with Crippen LogP contribution in [0, 0.1) is 3.14 Å². The molecule has 54 valence electrons. The van der Waals surface area contributed by atoms with Crippen LogP contribution in [0.2, 0.25) is 10.6 Å². The molecular formula is C5H4S3Se2. The van der Waals surface area contributed by atoms with Gasteiger partial charge in [-0.3, -0.25) is 0 Å². The molecule has 0 saturated carbocycles. The fourth-order valence-corrected chi connectivity index (χ4v) is 12.7. The Morgan fingerprint density at radius 1 is 1.10 bits per heavy atom. The molecule has 0 N–H and O–H groups in total. The van der Waals surface area contributed by atoms with Crippen LogP contribution in [0.4, 0.5) is 0 Å². The number of hydrogen-bond acceptors (Lipinski definition) is 3. The molecule has 2 rings (SSSR count). The molecule has 1 aromatic heterocycles. The van der Waals surface area contributed by atoms with Crippen LogP contribution in [0.1, 0.15) is 0 Å². The van der Waals surface area contributed by atoms with Gasteiger partial charge in [0.1, 0.15) is 0 Å². The van der Waals surface area contributed by atoms with Crippen molar-refractivity contribution in [2.24, 2.45) is 0 Å². The molecule has 1 aliphatic heterocycles. The van der Waals surface area contributed by atoms with Gasteiger partial charge in [-0.05, 0) is 0 Å². The van der Waals surface area contributed by atoms with Crippen LogP contribution in [0.5, 0.6) is 0 Å². The topological polar surface area (TPSA) is 0 Å². The standard InChI is InChI=1S/C5H4S3Se2/c6-5-7-3-4(8-5)10-2-1-9-3/h1-2H2. The van der Waals surface area contributed by atoms with E-state index < -0.39 is 0 Å². The second-order valence-corrected chi connectivity index (χ2v) is 10.8. The summed E-state index contributed by atoms with van der Waals surface area (Å²) >= 11 is 10.4. The van der Waals surface area contributed by atoms with Crippen molar-refractivity contribution in [1.82, 2.24) is 0 Å². The Morgan fingerprint density at radius 3 is 2.10 bits per heavy atom. The zero-order chi connectivity index (χ0) is 6.97. The Labute approximate surface area is 85.4 Å². The molecule has 0 fully saturated rings. The van der Waals surface area contributed by atoms with E-state index in [0.717, 1.165) is 33.1 Å². The van der Waals surface area contributed by atoms with Crippen molar-refractivity contribution in [2.75, 3.05) is 0 Å². The van der Waals surface area contributed by atoms with Crippen LogP contribution in [-0.2, 0) is 0 Å². The molecule has 0 bridgehead atoms. The fourth-order valence-electron chi connectivity index (χ4n) is 0.701. The van der Waals surface area contributed by atoms with Gasteiger partial charge < -0.3 is 0 Å². The normalized spacial score (nSPS) is 16.8. The van der Waals surface area contributed by atoms with E-state index >= 15 is 0 Å². The molecule has 0 nitrogen and oxygen atoms in total. The first kappa shape index (κ1) is 7.93. The molecule has 1 aromatic rings. The molecule has 0 amide bonds. The Kier molecular flexibility index (Phi) is 2.66. The second kappa shape index (κ2) is 3.36. The van der Waals surface area contributed by atoms with E-state index in [1.165, 1.54) is 10.6 Å². The minimum atomic E-state index is 0.785. The summed E-state index contributed by atoms with van der Waals surface area (Å²) in [7, 11) is 0. The van der Waals surface area contributed by atoms with E-state index in [2.05, 4.69) is 0 Å². The number of hydrogen-bond donors (Lipinski definition) is 0. The van der Waals surface area contributed by atoms with Gasteiger partial charge in [-0.1, -0.05) is 0 Å². The molecular weight excluding hydrogens is 314 g/mol. The zero-order valence-electron chi connectivity index (χ0n) is 4.96. The average molecular weight is 318 g/mol. The van der Waals surface area contributed by atoms with Gasteiger partial charge >= 0.3 is 86.1 Å². The predicted octanol–water partition coefficient (Wildman–Crippen LogP) is 1.05. The van der Waals surface area contributed by atoms with Crippen LogP contribution in [0.15, 0.2) is 0 Å². The van der Waals surface area contributed by atoms with E-state index in [1.54, 1.807) is 7.55 Å². The average Bonchev–Trinajstić information content (AvgIpc) is 2.27. The summed E-state index contributed by atoms with van der Waals surface area (Å²) in [5, 5.41) is 2.92. The van der Waals surface area contributed by atoms with Gasteiger partial charge in [0.25, 0.3) is 0 Å². The number of fused-ring (bicyclic) bond motifs is 1. The molecule has 0 aromatic carbocycles. The zero-order valence-corrected chi connectivity index (χ0v) is 10.8. The SMILES string of the molecule is S=c1sc2c(s1)[Se]CC[Se]2. The monoisotopic (exact) mass is 320 g/mol. The van der Waals surface area contributed by atoms with Crippen molar-refractivity contribution < 1.29 is 0 Å². The van der Waals surface area contributed by atoms with Gasteiger partial charge in [-0.15, -0.1) is 0 Å². The quantitative estimate of drug-likeness (QED) is 0.509. The van der Waals surface area contributed by atoms with Crippen LogP contribution >= 0.6 is 34.9 Å². The van der Waals surface area contributed by atoms with Gasteiger partial charge in [-0.2, -0.15) is 0 Å². The second-order valence-electron chi connectivity index (χ2n) is 1.73. The summed E-state index contributed by atoms with van der Waals surface area (Å²) in [6.07, 6.45) is 0. The summed E-state index contributed by atoms with van der Waals surface area (Å²) in [5.74, 6) is 0. The van der Waals surface area contributed by atoms with E-state index in [-0.39, 0.29) is 0 Å². The third-order valence-electron chi connectivity index (χ3n) is 1.07. The third-order valence-corrected chi connectivity index (χ3v) is 11.8. The summed E-state index contributed by atoms with van der Waals surface area (Å²) in [6, 6.07) is 0. The van der Waals surface area contributed by atoms with Crippen molar-refractivity contribution in [2.45, 2.75) is 10.6 Å². The Balaban J connectivity index is 2.50. The minimum absolute atomic E-state index is 0.785. The van der Waals surface area contributed by atoms with Gasteiger partial charge in [0.15, 0.2) is 0 Å². The van der Waals surface area contributed by atoms with Gasteiger partial charge in [0, 0.05) is 0 Å². The molecule has 0 spiro atoms. The molecule has 10 heavy (non-hydrogen) atoms. The maximum atomic E-state index is 5.14. The molecule has 5 heteroatoms. The predicted molar refractivity (Wildman–Crippen MR) is 53.4 cm³/mol. The Hall–Kier alpha value is 1.31. The van der Waals surface area contributed by atoms with Crippen molar-refractivity contribution in [3.63, 3.8) is 0 Å². The molecule has 1 aliphatic rings. The van der Waals surface area contributed by atoms with E-state index in [9.17, 15) is 0 Å². The van der Waals surface area contributed by atoms with Gasteiger partial charge in [0.05, 0.1) is 0 Å². The van der Waals surface area contributed by atoms with Crippen LogP contribution in [0.3, 0.4) is 0 Å². The molecule has 0 unspecified atom stereocenters. The summed E-state index contributed by atoms with van der Waals surface area (Å²) in [6.45, 7) is 0. The van der Waals surface area contributed by atoms with Crippen molar-refractivity contribution in [1.29, 1.82) is 0 Å². The fraction of sp³-hybridized carbons (Fsp3) is 0.400. The maximum absolute atomic E-state index is 5.14. The van der Waals surface area contributed by atoms with E-state index in [0.29, 0.717) is 0 Å². The summed E-state index contributed by atoms with van der Waals surface area (Å²) in [4.78, 5) is 0. The molecule has 0 aliphatic carbocycles. The summed E-state index contributed by atoms with van der Waals surface area (Å²) < 4.78 is 4.47. The first-order valence-electron chi connectivity index (χ1n) is 2.76. The van der Waals surface area contributed by atoms with Crippen LogP contribution in [-0.4, -0.2) is 29.9 Å². The van der Waals surface area contributed by atoms with E-state index in [4.69, 9.17) is 12.2 Å².